The Morgan fingerprint density at radius 3 is 2.47 bits per heavy atom. The SMILES string of the molecule is CCCCNC(=NC)N(C)Cc1ccc(Cl)cc1.I. The van der Waals surface area contributed by atoms with Crippen LogP contribution in [0.4, 0.5) is 0 Å². The molecular weight excluding hydrogens is 373 g/mol. The second kappa shape index (κ2) is 10.3. The molecule has 5 heteroatoms. The van der Waals surface area contributed by atoms with Gasteiger partial charge in [0.1, 0.15) is 0 Å². The summed E-state index contributed by atoms with van der Waals surface area (Å²) in [6.07, 6.45) is 2.35. The minimum Gasteiger partial charge on any atom is -0.356 e. The monoisotopic (exact) mass is 395 g/mol. The lowest BCUT2D eigenvalue weighted by atomic mass is 10.2. The normalized spacial score (nSPS) is 10.8. The molecule has 3 nitrogen and oxygen atoms in total. The molecule has 0 fully saturated rings. The number of unbranched alkanes of at least 4 members (excludes halogenated alkanes) is 1. The van der Waals surface area contributed by atoms with Gasteiger partial charge in [0.2, 0.25) is 0 Å². The number of guanidine groups is 1. The van der Waals surface area contributed by atoms with Crippen molar-refractivity contribution in [1.82, 2.24) is 10.2 Å². The van der Waals surface area contributed by atoms with E-state index in [1.807, 2.05) is 38.4 Å². The van der Waals surface area contributed by atoms with Gasteiger partial charge in [-0.1, -0.05) is 37.1 Å². The first-order chi connectivity index (χ1) is 8.67. The highest BCUT2D eigenvalue weighted by Crippen LogP contribution is 2.10. The van der Waals surface area contributed by atoms with Crippen LogP contribution in [-0.2, 0) is 6.54 Å². The van der Waals surface area contributed by atoms with Crippen LogP contribution in [0.3, 0.4) is 0 Å². The molecule has 1 N–H and O–H groups in total. The van der Waals surface area contributed by atoms with Crippen LogP contribution < -0.4 is 5.32 Å². The molecule has 0 atom stereocenters. The van der Waals surface area contributed by atoms with E-state index < -0.39 is 0 Å². The first-order valence-electron chi connectivity index (χ1n) is 6.33. The van der Waals surface area contributed by atoms with Crippen molar-refractivity contribution >= 4 is 41.5 Å². The number of nitrogens with one attached hydrogen (secondary N) is 1. The summed E-state index contributed by atoms with van der Waals surface area (Å²) in [5, 5.41) is 4.12. The molecule has 0 bridgehead atoms. The van der Waals surface area contributed by atoms with Crippen LogP contribution >= 0.6 is 35.6 Å². The quantitative estimate of drug-likeness (QED) is 0.356. The van der Waals surface area contributed by atoms with E-state index in [4.69, 9.17) is 11.6 Å². The van der Waals surface area contributed by atoms with Gasteiger partial charge < -0.3 is 10.2 Å². The van der Waals surface area contributed by atoms with Crippen LogP contribution in [0.5, 0.6) is 0 Å². The molecular formula is C14H23ClIN3. The standard InChI is InChI=1S/C14H22ClN3.HI/c1-4-5-10-17-14(16-2)18(3)11-12-6-8-13(15)9-7-12;/h6-9H,4-5,10-11H2,1-3H3,(H,16,17);1H. The van der Waals surface area contributed by atoms with Crippen molar-refractivity contribution < 1.29 is 0 Å². The van der Waals surface area contributed by atoms with Crippen LogP contribution in [0.2, 0.25) is 5.02 Å². The fraction of sp³-hybridized carbons (Fsp3) is 0.500. The van der Waals surface area contributed by atoms with Crippen molar-refractivity contribution in [2.75, 3.05) is 20.6 Å². The number of hydrogen-bond donors (Lipinski definition) is 1. The molecule has 0 aliphatic carbocycles. The largest absolute Gasteiger partial charge is 0.356 e. The summed E-state index contributed by atoms with van der Waals surface area (Å²) in [5.41, 5.74) is 1.22. The van der Waals surface area contributed by atoms with E-state index in [0.29, 0.717) is 0 Å². The number of aliphatic imine (C=N–C) groups is 1. The van der Waals surface area contributed by atoms with Crippen molar-refractivity contribution in [1.29, 1.82) is 0 Å². The van der Waals surface area contributed by atoms with Gasteiger partial charge in [-0.05, 0) is 24.1 Å². The molecule has 0 saturated heterocycles. The molecule has 0 amide bonds. The summed E-state index contributed by atoms with van der Waals surface area (Å²) in [4.78, 5) is 6.39. The van der Waals surface area contributed by atoms with Gasteiger partial charge in [0.05, 0.1) is 0 Å². The molecule has 0 unspecified atom stereocenters. The van der Waals surface area contributed by atoms with E-state index in [1.165, 1.54) is 12.0 Å². The van der Waals surface area contributed by atoms with Crippen LogP contribution in [0.15, 0.2) is 29.3 Å². The maximum Gasteiger partial charge on any atom is 0.193 e. The van der Waals surface area contributed by atoms with Crippen LogP contribution in [0.25, 0.3) is 0 Å². The van der Waals surface area contributed by atoms with Crippen molar-refractivity contribution in [3.8, 4) is 0 Å². The molecule has 0 heterocycles. The fourth-order valence-electron chi connectivity index (χ4n) is 1.70. The lowest BCUT2D eigenvalue weighted by Gasteiger charge is -2.22. The molecule has 0 aliphatic rings. The molecule has 0 aromatic heterocycles. The van der Waals surface area contributed by atoms with Gasteiger partial charge in [-0.2, -0.15) is 0 Å². The lowest BCUT2D eigenvalue weighted by molar-refractivity contribution is 0.475. The predicted molar refractivity (Wildman–Crippen MR) is 94.6 cm³/mol. The Hall–Kier alpha value is -0.490. The molecule has 0 spiro atoms. The summed E-state index contributed by atoms with van der Waals surface area (Å²) in [6, 6.07) is 7.91. The Labute approximate surface area is 138 Å². The highest BCUT2D eigenvalue weighted by Gasteiger charge is 2.05. The number of hydrogen-bond acceptors (Lipinski definition) is 1. The third-order valence-electron chi connectivity index (χ3n) is 2.72. The number of rotatable bonds is 5. The Balaban J connectivity index is 0.00000324. The second-order valence-electron chi connectivity index (χ2n) is 4.31. The lowest BCUT2D eigenvalue weighted by Crippen LogP contribution is -2.38. The van der Waals surface area contributed by atoms with Crippen molar-refractivity contribution in [2.45, 2.75) is 26.3 Å². The van der Waals surface area contributed by atoms with Gasteiger partial charge in [0.25, 0.3) is 0 Å². The highest BCUT2D eigenvalue weighted by molar-refractivity contribution is 14.0. The summed E-state index contributed by atoms with van der Waals surface area (Å²) in [5.74, 6) is 0.929. The third-order valence-corrected chi connectivity index (χ3v) is 2.97. The predicted octanol–water partition coefficient (Wildman–Crippen LogP) is 3.77. The van der Waals surface area contributed by atoms with Crippen LogP contribution in [0.1, 0.15) is 25.3 Å². The van der Waals surface area contributed by atoms with Crippen molar-refractivity contribution in [3.05, 3.63) is 34.9 Å². The third kappa shape index (κ3) is 7.01. The van der Waals surface area contributed by atoms with E-state index in [9.17, 15) is 0 Å². The maximum absolute atomic E-state index is 5.87. The molecule has 1 aromatic rings. The number of nitrogens with zero attached hydrogens (tertiary/aromatic N) is 2. The summed E-state index contributed by atoms with van der Waals surface area (Å²) in [7, 11) is 3.85. The zero-order chi connectivity index (χ0) is 13.4. The molecule has 1 rings (SSSR count). The first-order valence-corrected chi connectivity index (χ1v) is 6.71. The maximum atomic E-state index is 5.87. The highest BCUT2D eigenvalue weighted by atomic mass is 127. The zero-order valence-electron chi connectivity index (χ0n) is 11.8. The Kier molecular flexibility index (Phi) is 10.0. The van der Waals surface area contributed by atoms with Gasteiger partial charge in [0, 0.05) is 32.2 Å². The fourth-order valence-corrected chi connectivity index (χ4v) is 1.83. The van der Waals surface area contributed by atoms with E-state index in [2.05, 4.69) is 22.1 Å². The average Bonchev–Trinajstić information content (AvgIpc) is 2.37. The number of halogens is 2. The minimum atomic E-state index is 0. The summed E-state index contributed by atoms with van der Waals surface area (Å²) < 4.78 is 0. The van der Waals surface area contributed by atoms with Gasteiger partial charge in [0.15, 0.2) is 5.96 Å². The van der Waals surface area contributed by atoms with Gasteiger partial charge in [-0.25, -0.2) is 0 Å². The average molecular weight is 396 g/mol. The van der Waals surface area contributed by atoms with Gasteiger partial charge in [-0.3, -0.25) is 4.99 Å². The van der Waals surface area contributed by atoms with E-state index in [1.54, 1.807) is 0 Å². The van der Waals surface area contributed by atoms with Crippen LogP contribution in [0, 0.1) is 0 Å². The molecule has 0 radical (unpaired) electrons. The molecule has 19 heavy (non-hydrogen) atoms. The zero-order valence-corrected chi connectivity index (χ0v) is 14.9. The topological polar surface area (TPSA) is 27.6 Å². The van der Waals surface area contributed by atoms with E-state index >= 15 is 0 Å². The van der Waals surface area contributed by atoms with Crippen molar-refractivity contribution in [3.63, 3.8) is 0 Å². The van der Waals surface area contributed by atoms with E-state index in [0.717, 1.165) is 30.5 Å². The van der Waals surface area contributed by atoms with E-state index in [-0.39, 0.29) is 24.0 Å². The molecule has 0 saturated carbocycles. The van der Waals surface area contributed by atoms with Crippen molar-refractivity contribution in [2.24, 2.45) is 4.99 Å². The Morgan fingerprint density at radius 2 is 1.95 bits per heavy atom. The number of benzene rings is 1. The summed E-state index contributed by atoms with van der Waals surface area (Å²) in [6.45, 7) is 3.97. The molecule has 108 valence electrons. The summed E-state index contributed by atoms with van der Waals surface area (Å²) >= 11 is 5.87. The van der Waals surface area contributed by atoms with Gasteiger partial charge in [-0.15, -0.1) is 24.0 Å². The Bertz CT molecular complexity index is 379. The minimum absolute atomic E-state index is 0. The molecule has 0 aliphatic heterocycles. The molecule has 1 aromatic carbocycles. The Morgan fingerprint density at radius 1 is 1.32 bits per heavy atom. The first kappa shape index (κ1) is 18.5. The van der Waals surface area contributed by atoms with Gasteiger partial charge >= 0.3 is 0 Å². The second-order valence-corrected chi connectivity index (χ2v) is 4.75. The van der Waals surface area contributed by atoms with Crippen LogP contribution in [-0.4, -0.2) is 31.5 Å². The smallest absolute Gasteiger partial charge is 0.193 e.